The molecule has 0 aliphatic heterocycles. The Morgan fingerprint density at radius 3 is 1.91 bits per heavy atom. The second-order valence-electron chi connectivity index (χ2n) is 7.68. The van der Waals surface area contributed by atoms with E-state index >= 15 is 0 Å². The van der Waals surface area contributed by atoms with E-state index in [1.54, 1.807) is 66.7 Å². The van der Waals surface area contributed by atoms with Gasteiger partial charge in [0, 0.05) is 14.2 Å². The molecule has 8 nitrogen and oxygen atoms in total. The molecule has 0 aliphatic rings. The van der Waals surface area contributed by atoms with Crippen molar-refractivity contribution in [2.75, 3.05) is 27.8 Å². The lowest BCUT2D eigenvalue weighted by molar-refractivity contribution is 0.0508. The van der Waals surface area contributed by atoms with Crippen molar-refractivity contribution < 1.29 is 27.4 Å². The molecule has 34 heavy (non-hydrogen) atoms. The minimum Gasteiger partial charge on any atom is -0.468 e. The highest BCUT2D eigenvalue weighted by Crippen LogP contribution is 2.32. The summed E-state index contributed by atoms with van der Waals surface area (Å²) in [5, 5.41) is 0. The fourth-order valence-corrected chi connectivity index (χ4v) is 4.60. The molecule has 0 saturated heterocycles. The van der Waals surface area contributed by atoms with Crippen LogP contribution in [-0.2, 0) is 19.5 Å². The maximum Gasteiger partial charge on any atom is 0.241 e. The topological polar surface area (TPSA) is 109 Å². The molecule has 3 rings (SSSR count). The standard InChI is InChI=1S/C25H30N2O6S/c1-18-10-12-23(13-11-18)34(28,29)27-25(20-7-5-9-22(15-20)33-17-31-3)24(26)19-6-4-8-21(14-19)32-16-30-2/h4-15,24-25,27H,16-17,26H2,1-3H3/t24-,25-/m1/s1. The van der Waals surface area contributed by atoms with Gasteiger partial charge in [0.2, 0.25) is 10.0 Å². The van der Waals surface area contributed by atoms with Gasteiger partial charge in [-0.25, -0.2) is 13.1 Å². The molecule has 0 spiro atoms. The number of methoxy groups -OCH3 is 2. The van der Waals surface area contributed by atoms with Crippen LogP contribution in [0.4, 0.5) is 0 Å². The molecule has 0 fully saturated rings. The van der Waals surface area contributed by atoms with Gasteiger partial charge >= 0.3 is 0 Å². The molecule has 3 N–H and O–H groups in total. The predicted molar refractivity (Wildman–Crippen MR) is 129 cm³/mol. The zero-order chi connectivity index (χ0) is 24.6. The average molecular weight is 487 g/mol. The number of hydrogen-bond donors (Lipinski definition) is 2. The largest absolute Gasteiger partial charge is 0.468 e. The number of aryl methyl sites for hydroxylation is 1. The highest BCUT2D eigenvalue weighted by molar-refractivity contribution is 7.89. The van der Waals surface area contributed by atoms with Crippen LogP contribution in [0.2, 0.25) is 0 Å². The number of benzene rings is 3. The Bertz CT molecular complexity index is 1170. The lowest BCUT2D eigenvalue weighted by atomic mass is 9.94. The number of rotatable bonds is 12. The number of sulfonamides is 1. The third kappa shape index (κ3) is 6.78. The molecule has 0 aliphatic carbocycles. The molecule has 0 aromatic heterocycles. The van der Waals surface area contributed by atoms with Gasteiger partial charge in [-0.05, 0) is 54.4 Å². The van der Waals surface area contributed by atoms with Crippen LogP contribution < -0.4 is 19.9 Å². The third-order valence-electron chi connectivity index (χ3n) is 5.12. The number of nitrogens with one attached hydrogen (secondary N) is 1. The Labute approximate surface area is 200 Å². The van der Waals surface area contributed by atoms with Crippen LogP contribution in [0.5, 0.6) is 11.5 Å². The van der Waals surface area contributed by atoms with E-state index in [4.69, 9.17) is 24.7 Å². The predicted octanol–water partition coefficient (Wildman–Crippen LogP) is 3.68. The van der Waals surface area contributed by atoms with E-state index in [-0.39, 0.29) is 18.5 Å². The van der Waals surface area contributed by atoms with Gasteiger partial charge in [0.1, 0.15) is 11.5 Å². The van der Waals surface area contributed by atoms with Gasteiger partial charge in [0.25, 0.3) is 0 Å². The second-order valence-corrected chi connectivity index (χ2v) is 9.40. The summed E-state index contributed by atoms with van der Waals surface area (Å²) in [4.78, 5) is 0.152. The summed E-state index contributed by atoms with van der Waals surface area (Å²) in [5.41, 5.74) is 8.94. The van der Waals surface area contributed by atoms with Gasteiger partial charge in [0.05, 0.1) is 17.0 Å². The molecular weight excluding hydrogens is 456 g/mol. The van der Waals surface area contributed by atoms with Crippen molar-refractivity contribution in [3.63, 3.8) is 0 Å². The smallest absolute Gasteiger partial charge is 0.241 e. The maximum absolute atomic E-state index is 13.3. The van der Waals surface area contributed by atoms with Gasteiger partial charge in [-0.3, -0.25) is 0 Å². The van der Waals surface area contributed by atoms with E-state index < -0.39 is 22.1 Å². The molecular formula is C25H30N2O6S. The Balaban J connectivity index is 1.99. The molecule has 0 amide bonds. The fraction of sp³-hybridized carbons (Fsp3) is 0.280. The summed E-state index contributed by atoms with van der Waals surface area (Å²) in [6, 6.07) is 19.3. The van der Waals surface area contributed by atoms with Crippen molar-refractivity contribution in [2.45, 2.75) is 23.9 Å². The molecule has 0 heterocycles. The van der Waals surface area contributed by atoms with Crippen LogP contribution in [-0.4, -0.2) is 36.2 Å². The average Bonchev–Trinajstić information content (AvgIpc) is 2.85. The van der Waals surface area contributed by atoms with E-state index in [9.17, 15) is 8.42 Å². The summed E-state index contributed by atoms with van der Waals surface area (Å²) in [7, 11) is -0.822. The Hall–Kier alpha value is -2.95. The first-order valence-corrected chi connectivity index (χ1v) is 12.1. The zero-order valence-corrected chi connectivity index (χ0v) is 20.2. The van der Waals surface area contributed by atoms with Crippen molar-refractivity contribution in [1.82, 2.24) is 4.72 Å². The van der Waals surface area contributed by atoms with E-state index in [0.717, 1.165) is 5.56 Å². The Morgan fingerprint density at radius 1 is 0.824 bits per heavy atom. The lowest BCUT2D eigenvalue weighted by Crippen LogP contribution is -2.36. The molecule has 0 saturated carbocycles. The minimum atomic E-state index is -3.88. The molecule has 0 bridgehead atoms. The van der Waals surface area contributed by atoms with Gasteiger partial charge in [-0.1, -0.05) is 42.0 Å². The fourth-order valence-electron chi connectivity index (χ4n) is 3.36. The van der Waals surface area contributed by atoms with Gasteiger partial charge in [-0.15, -0.1) is 0 Å². The van der Waals surface area contributed by atoms with Crippen molar-refractivity contribution in [1.29, 1.82) is 0 Å². The maximum atomic E-state index is 13.3. The zero-order valence-electron chi connectivity index (χ0n) is 19.4. The van der Waals surface area contributed by atoms with E-state index in [1.807, 2.05) is 13.0 Å². The molecule has 3 aromatic carbocycles. The number of ether oxygens (including phenoxy) is 4. The van der Waals surface area contributed by atoms with E-state index in [0.29, 0.717) is 22.6 Å². The van der Waals surface area contributed by atoms with Crippen LogP contribution in [0, 0.1) is 6.92 Å². The highest BCUT2D eigenvalue weighted by atomic mass is 32.2. The number of nitrogens with two attached hydrogens (primary N) is 1. The SMILES string of the molecule is COCOc1cccc([C@@H](N)[C@H](NS(=O)(=O)c2ccc(C)cc2)c2cccc(OCOC)c2)c1. The van der Waals surface area contributed by atoms with Crippen LogP contribution in [0.3, 0.4) is 0 Å². The number of hydrogen-bond acceptors (Lipinski definition) is 7. The first kappa shape index (κ1) is 25.7. The Morgan fingerprint density at radius 2 is 1.35 bits per heavy atom. The van der Waals surface area contributed by atoms with Gasteiger partial charge in [0.15, 0.2) is 13.6 Å². The summed E-state index contributed by atoms with van der Waals surface area (Å²) in [5.74, 6) is 1.09. The molecule has 3 aromatic rings. The summed E-state index contributed by atoms with van der Waals surface area (Å²) >= 11 is 0. The first-order chi connectivity index (χ1) is 16.3. The van der Waals surface area contributed by atoms with Gasteiger partial charge in [-0.2, -0.15) is 0 Å². The minimum absolute atomic E-state index is 0.0636. The molecule has 182 valence electrons. The summed E-state index contributed by atoms with van der Waals surface area (Å²) in [6.07, 6.45) is 0. The van der Waals surface area contributed by atoms with Crippen molar-refractivity contribution >= 4 is 10.0 Å². The molecule has 9 heteroatoms. The van der Waals surface area contributed by atoms with Crippen LogP contribution >= 0.6 is 0 Å². The van der Waals surface area contributed by atoms with E-state index in [2.05, 4.69) is 4.72 Å². The highest BCUT2D eigenvalue weighted by Gasteiger charge is 2.28. The van der Waals surface area contributed by atoms with Crippen molar-refractivity contribution in [3.8, 4) is 11.5 Å². The van der Waals surface area contributed by atoms with Crippen LogP contribution in [0.25, 0.3) is 0 Å². The molecule has 0 unspecified atom stereocenters. The molecule has 0 radical (unpaired) electrons. The first-order valence-electron chi connectivity index (χ1n) is 10.6. The van der Waals surface area contributed by atoms with E-state index in [1.165, 1.54) is 14.2 Å². The van der Waals surface area contributed by atoms with Crippen LogP contribution in [0.1, 0.15) is 28.8 Å². The summed E-state index contributed by atoms with van der Waals surface area (Å²) in [6.45, 7) is 2.04. The van der Waals surface area contributed by atoms with Crippen molar-refractivity contribution in [3.05, 3.63) is 89.5 Å². The Kier molecular flexibility index (Phi) is 9.03. The van der Waals surface area contributed by atoms with Crippen molar-refractivity contribution in [2.24, 2.45) is 5.73 Å². The summed E-state index contributed by atoms with van der Waals surface area (Å²) < 4.78 is 50.3. The third-order valence-corrected chi connectivity index (χ3v) is 6.58. The second kappa shape index (κ2) is 12.0. The quantitative estimate of drug-likeness (QED) is 0.376. The normalized spacial score (nSPS) is 13.3. The lowest BCUT2D eigenvalue weighted by Gasteiger charge is -2.26. The molecule has 2 atom stereocenters. The van der Waals surface area contributed by atoms with Crippen LogP contribution in [0.15, 0.2) is 77.7 Å². The monoisotopic (exact) mass is 486 g/mol. The van der Waals surface area contributed by atoms with Gasteiger partial charge < -0.3 is 24.7 Å².